The van der Waals surface area contributed by atoms with Gasteiger partial charge in [-0.25, -0.2) is 0 Å². The zero-order chi connectivity index (χ0) is 10.6. The number of hydrogen-bond acceptors (Lipinski definition) is 3. The first-order chi connectivity index (χ1) is 6.69. The van der Waals surface area contributed by atoms with Gasteiger partial charge >= 0.3 is 0 Å². The number of benzene rings is 1. The molecule has 4 heteroatoms. The molecule has 0 aliphatic heterocycles. The van der Waals surface area contributed by atoms with E-state index in [2.05, 4.69) is 5.73 Å². The van der Waals surface area contributed by atoms with Crippen molar-refractivity contribution >= 4 is 11.8 Å². The second-order valence-electron chi connectivity index (χ2n) is 3.16. The normalized spacial score (nSPS) is 15.1. The van der Waals surface area contributed by atoms with E-state index in [0.29, 0.717) is 0 Å². The number of quaternary nitrogens is 1. The minimum absolute atomic E-state index is 0.106. The fourth-order valence-corrected chi connectivity index (χ4v) is 1.58. The topological polar surface area (TPSA) is 68.1 Å². The van der Waals surface area contributed by atoms with Crippen molar-refractivity contribution in [2.75, 3.05) is 12.9 Å². The molecule has 0 heterocycles. The zero-order valence-corrected chi connectivity index (χ0v) is 9.00. The first-order valence-electron chi connectivity index (χ1n) is 4.45. The molecule has 0 radical (unpaired) electrons. The highest BCUT2D eigenvalue weighted by molar-refractivity contribution is 7.98. The number of rotatable bonds is 4. The molecule has 1 rings (SSSR count). The maximum absolute atomic E-state index is 9.72. The summed E-state index contributed by atoms with van der Waals surface area (Å²) in [5.74, 6) is 0. The van der Waals surface area contributed by atoms with Gasteiger partial charge in [-0.1, -0.05) is 12.1 Å². The maximum Gasteiger partial charge on any atom is 0.138 e. The fraction of sp³-hybridized carbons (Fsp3) is 0.400. The van der Waals surface area contributed by atoms with Crippen molar-refractivity contribution < 1.29 is 15.9 Å². The Labute approximate surface area is 87.9 Å². The maximum atomic E-state index is 9.72. The van der Waals surface area contributed by atoms with Gasteiger partial charge in [-0.2, -0.15) is 0 Å². The predicted octanol–water partition coefficient (Wildman–Crippen LogP) is 0.0447. The van der Waals surface area contributed by atoms with E-state index < -0.39 is 6.10 Å². The van der Waals surface area contributed by atoms with Crippen molar-refractivity contribution in [3.63, 3.8) is 0 Å². The van der Waals surface area contributed by atoms with E-state index in [-0.39, 0.29) is 12.6 Å². The second kappa shape index (κ2) is 5.36. The molecule has 0 amide bonds. The van der Waals surface area contributed by atoms with E-state index in [9.17, 15) is 5.11 Å². The fourth-order valence-electron chi connectivity index (χ4n) is 1.17. The molecule has 3 nitrogen and oxygen atoms in total. The molecule has 78 valence electrons. The molecule has 0 aromatic heterocycles. The van der Waals surface area contributed by atoms with Crippen LogP contribution in [0.5, 0.6) is 0 Å². The summed E-state index contributed by atoms with van der Waals surface area (Å²) in [5, 5.41) is 18.6. The molecule has 0 saturated carbocycles. The third kappa shape index (κ3) is 2.72. The van der Waals surface area contributed by atoms with Crippen molar-refractivity contribution in [3.8, 4) is 0 Å². The Bertz CT molecular complexity index is 276. The summed E-state index contributed by atoms with van der Waals surface area (Å²) >= 11 is 1.66. The molecule has 5 N–H and O–H groups in total. The highest BCUT2D eigenvalue weighted by atomic mass is 32.2. The lowest BCUT2D eigenvalue weighted by atomic mass is 10.0. The van der Waals surface area contributed by atoms with Gasteiger partial charge in [0, 0.05) is 4.90 Å². The minimum Gasteiger partial charge on any atom is -0.390 e. The van der Waals surface area contributed by atoms with E-state index >= 15 is 0 Å². The molecule has 2 atom stereocenters. The van der Waals surface area contributed by atoms with Crippen LogP contribution in [0.4, 0.5) is 0 Å². The summed E-state index contributed by atoms with van der Waals surface area (Å²) in [5.41, 5.74) is 4.47. The van der Waals surface area contributed by atoms with E-state index in [4.69, 9.17) is 5.11 Å². The van der Waals surface area contributed by atoms with Gasteiger partial charge in [0.1, 0.15) is 12.1 Å². The van der Waals surface area contributed by atoms with E-state index in [1.54, 1.807) is 11.8 Å². The number of aliphatic hydroxyl groups is 2. The molecule has 1 aromatic rings. The van der Waals surface area contributed by atoms with Gasteiger partial charge in [0.05, 0.1) is 6.61 Å². The Balaban J connectivity index is 2.75. The Morgan fingerprint density at radius 1 is 1.36 bits per heavy atom. The molecule has 14 heavy (non-hydrogen) atoms. The van der Waals surface area contributed by atoms with Crippen molar-refractivity contribution in [1.29, 1.82) is 0 Å². The molecule has 0 bridgehead atoms. The predicted molar refractivity (Wildman–Crippen MR) is 56.9 cm³/mol. The lowest BCUT2D eigenvalue weighted by Gasteiger charge is -2.14. The van der Waals surface area contributed by atoms with Crippen LogP contribution in [0.2, 0.25) is 0 Å². The monoisotopic (exact) mass is 214 g/mol. The number of hydrogen-bond donors (Lipinski definition) is 3. The van der Waals surface area contributed by atoms with E-state index in [0.717, 1.165) is 10.5 Å². The summed E-state index contributed by atoms with van der Waals surface area (Å²) in [6.45, 7) is -0.106. The Kier molecular flexibility index (Phi) is 4.41. The van der Waals surface area contributed by atoms with Crippen LogP contribution in [0.15, 0.2) is 29.2 Å². The molecular formula is C10H16NO2S+. The van der Waals surface area contributed by atoms with Crippen LogP contribution in [0.3, 0.4) is 0 Å². The van der Waals surface area contributed by atoms with Crippen LogP contribution in [-0.4, -0.2) is 29.1 Å². The molecule has 0 spiro atoms. The summed E-state index contributed by atoms with van der Waals surface area (Å²) < 4.78 is 0. The molecule has 0 aliphatic rings. The average molecular weight is 214 g/mol. The summed E-state index contributed by atoms with van der Waals surface area (Å²) in [7, 11) is 0. The van der Waals surface area contributed by atoms with Crippen LogP contribution in [-0.2, 0) is 0 Å². The average Bonchev–Trinajstić information content (AvgIpc) is 2.27. The van der Waals surface area contributed by atoms with Crippen LogP contribution in [0, 0.1) is 0 Å². The van der Waals surface area contributed by atoms with Crippen molar-refractivity contribution in [3.05, 3.63) is 29.8 Å². The highest BCUT2D eigenvalue weighted by Gasteiger charge is 2.18. The molecule has 0 saturated heterocycles. The Morgan fingerprint density at radius 2 is 1.93 bits per heavy atom. The smallest absolute Gasteiger partial charge is 0.138 e. The van der Waals surface area contributed by atoms with E-state index in [1.807, 2.05) is 30.5 Å². The third-order valence-corrected chi connectivity index (χ3v) is 2.88. The molecule has 0 unspecified atom stereocenters. The lowest BCUT2D eigenvalue weighted by Crippen LogP contribution is -2.65. The van der Waals surface area contributed by atoms with Gasteiger partial charge < -0.3 is 15.9 Å². The molecule has 1 aromatic carbocycles. The zero-order valence-electron chi connectivity index (χ0n) is 8.18. The summed E-state index contributed by atoms with van der Waals surface area (Å²) in [6.07, 6.45) is 1.32. The minimum atomic E-state index is -0.684. The SMILES string of the molecule is CSc1ccc([C@H](O)[C@H]([NH3+])CO)cc1. The number of thioether (sulfide) groups is 1. The van der Waals surface area contributed by atoms with Gasteiger partial charge in [-0.15, -0.1) is 11.8 Å². The Hall–Kier alpha value is -0.550. The summed E-state index contributed by atoms with van der Waals surface area (Å²) in [4.78, 5) is 1.16. The van der Waals surface area contributed by atoms with Crippen LogP contribution in [0.25, 0.3) is 0 Å². The standard InChI is InChI=1S/C10H15NO2S/c1-14-8-4-2-7(3-5-8)10(13)9(11)6-12/h2-5,9-10,12-13H,6,11H2,1H3/p+1/t9-,10+/m1/s1. The molecule has 0 fully saturated rings. The Morgan fingerprint density at radius 3 is 2.36 bits per heavy atom. The van der Waals surface area contributed by atoms with E-state index in [1.165, 1.54) is 0 Å². The lowest BCUT2D eigenvalue weighted by molar-refractivity contribution is -0.444. The van der Waals surface area contributed by atoms with Crippen LogP contribution in [0.1, 0.15) is 11.7 Å². The van der Waals surface area contributed by atoms with Crippen LogP contribution >= 0.6 is 11.8 Å². The highest BCUT2D eigenvalue weighted by Crippen LogP contribution is 2.19. The number of aliphatic hydroxyl groups excluding tert-OH is 2. The summed E-state index contributed by atoms with van der Waals surface area (Å²) in [6, 6.07) is 7.27. The first kappa shape index (κ1) is 11.5. The van der Waals surface area contributed by atoms with Crippen LogP contribution < -0.4 is 5.73 Å². The van der Waals surface area contributed by atoms with Gasteiger partial charge in [-0.05, 0) is 24.0 Å². The van der Waals surface area contributed by atoms with Gasteiger partial charge in [-0.3, -0.25) is 0 Å². The van der Waals surface area contributed by atoms with Crippen molar-refractivity contribution in [2.45, 2.75) is 17.0 Å². The third-order valence-electron chi connectivity index (χ3n) is 2.14. The first-order valence-corrected chi connectivity index (χ1v) is 5.67. The van der Waals surface area contributed by atoms with Crippen molar-refractivity contribution in [1.82, 2.24) is 0 Å². The quantitative estimate of drug-likeness (QED) is 0.620. The largest absolute Gasteiger partial charge is 0.390 e. The van der Waals surface area contributed by atoms with Gasteiger partial charge in [0.2, 0.25) is 0 Å². The molecular weight excluding hydrogens is 198 g/mol. The second-order valence-corrected chi connectivity index (χ2v) is 4.04. The van der Waals surface area contributed by atoms with Gasteiger partial charge in [0.15, 0.2) is 0 Å². The molecule has 0 aliphatic carbocycles. The van der Waals surface area contributed by atoms with Gasteiger partial charge in [0.25, 0.3) is 0 Å². The van der Waals surface area contributed by atoms with Crippen molar-refractivity contribution in [2.24, 2.45) is 0 Å².